The highest BCUT2D eigenvalue weighted by Crippen LogP contribution is 2.15. The van der Waals surface area contributed by atoms with E-state index < -0.39 is 0 Å². The lowest BCUT2D eigenvalue weighted by Gasteiger charge is -2.20. The van der Waals surface area contributed by atoms with E-state index in [0.717, 1.165) is 31.4 Å². The van der Waals surface area contributed by atoms with E-state index in [0.29, 0.717) is 13.0 Å². The third kappa shape index (κ3) is 35.2. The van der Waals surface area contributed by atoms with Gasteiger partial charge in [-0.25, -0.2) is 0 Å². The maximum Gasteiger partial charge on any atom is 0.305 e. The van der Waals surface area contributed by atoms with Gasteiger partial charge in [-0.15, -0.1) is 0 Å². The molecule has 1 unspecified atom stereocenters. The first kappa shape index (κ1) is 43.5. The molecular weight excluding hydrogens is 554 g/mol. The molecule has 1 N–H and O–H groups in total. The molecule has 0 rings (SSSR count). The molecule has 0 aliphatic rings. The summed E-state index contributed by atoms with van der Waals surface area (Å²) in [4.78, 5) is 12.3. The molecule has 0 aromatic rings. The minimum atomic E-state index is -0.177. The molecule has 0 radical (unpaired) electrons. The van der Waals surface area contributed by atoms with E-state index in [2.05, 4.69) is 50.0 Å². The lowest BCUT2D eigenvalue weighted by Crippen LogP contribution is -2.31. The number of hydrogen-bond acceptors (Lipinski definition) is 4. The molecule has 0 heterocycles. The zero-order chi connectivity index (χ0) is 32.9. The summed E-state index contributed by atoms with van der Waals surface area (Å²) in [6.45, 7) is 9.61. The van der Waals surface area contributed by atoms with E-state index >= 15 is 0 Å². The quantitative estimate of drug-likeness (QED) is 0.0323. The minimum Gasteiger partial charge on any atom is -0.490 e. The van der Waals surface area contributed by atoms with Crippen LogP contribution in [-0.4, -0.2) is 32.3 Å². The highest BCUT2D eigenvalue weighted by Gasteiger charge is 2.14. The molecular formula is C41H77NO3. The Morgan fingerprint density at radius 1 is 0.578 bits per heavy atom. The van der Waals surface area contributed by atoms with E-state index in [1.807, 2.05) is 7.05 Å². The number of nitrogens with one attached hydrogen (secondary N) is 1. The lowest BCUT2D eigenvalue weighted by molar-refractivity contribution is -0.147. The van der Waals surface area contributed by atoms with Crippen LogP contribution in [0, 0.1) is 0 Å². The van der Waals surface area contributed by atoms with E-state index in [1.165, 1.54) is 148 Å². The van der Waals surface area contributed by atoms with Crippen molar-refractivity contribution in [3.63, 3.8) is 0 Å². The Hall–Kier alpha value is -1.55. The third-order valence-corrected chi connectivity index (χ3v) is 8.56. The van der Waals surface area contributed by atoms with Gasteiger partial charge >= 0.3 is 5.97 Å². The highest BCUT2D eigenvalue weighted by atomic mass is 16.6. The smallest absolute Gasteiger partial charge is 0.305 e. The summed E-state index contributed by atoms with van der Waals surface area (Å²) >= 11 is 0. The van der Waals surface area contributed by atoms with Crippen LogP contribution in [0.3, 0.4) is 0 Å². The molecule has 0 amide bonds. The van der Waals surface area contributed by atoms with Gasteiger partial charge in [0.2, 0.25) is 0 Å². The van der Waals surface area contributed by atoms with Crippen molar-refractivity contribution in [3.8, 4) is 0 Å². The fraction of sp³-hybridized carbons (Fsp3) is 0.829. The predicted octanol–water partition coefficient (Wildman–Crippen LogP) is 12.7. The number of unbranched alkanes of at least 4 members (excludes halogenated alkanes) is 22. The molecule has 45 heavy (non-hydrogen) atoms. The number of carbonyl (C=O) groups excluding carboxylic acids is 1. The van der Waals surface area contributed by atoms with Gasteiger partial charge in [-0.3, -0.25) is 4.79 Å². The largest absolute Gasteiger partial charge is 0.490 e. The van der Waals surface area contributed by atoms with E-state index in [9.17, 15) is 4.79 Å². The predicted molar refractivity (Wildman–Crippen MR) is 198 cm³/mol. The SMILES string of the molecule is C=C(CCCCCCC/C=C\CCCCCCCC)OC(CNC)COC(=O)CCCCCCC/C=C\CCCCCCCC. The van der Waals surface area contributed by atoms with E-state index in [-0.39, 0.29) is 18.7 Å². The van der Waals surface area contributed by atoms with Crippen molar-refractivity contribution in [2.75, 3.05) is 20.2 Å². The summed E-state index contributed by atoms with van der Waals surface area (Å²) in [7, 11) is 1.90. The maximum absolute atomic E-state index is 12.3. The number of rotatable bonds is 36. The van der Waals surface area contributed by atoms with Gasteiger partial charge in [-0.2, -0.15) is 0 Å². The minimum absolute atomic E-state index is 0.111. The van der Waals surface area contributed by atoms with Gasteiger partial charge in [-0.1, -0.05) is 147 Å². The zero-order valence-electron chi connectivity index (χ0n) is 30.5. The number of esters is 1. The second-order valence-corrected chi connectivity index (χ2v) is 13.2. The molecule has 0 aromatic carbocycles. The van der Waals surface area contributed by atoms with Crippen molar-refractivity contribution in [3.05, 3.63) is 36.6 Å². The topological polar surface area (TPSA) is 47.6 Å². The highest BCUT2D eigenvalue weighted by molar-refractivity contribution is 5.69. The van der Waals surface area contributed by atoms with Crippen LogP contribution < -0.4 is 5.32 Å². The number of allylic oxidation sites excluding steroid dienone is 5. The number of ether oxygens (including phenoxy) is 2. The average molecular weight is 632 g/mol. The number of hydrogen-bond donors (Lipinski definition) is 1. The molecule has 4 heteroatoms. The molecule has 0 aliphatic heterocycles. The average Bonchev–Trinajstić information content (AvgIpc) is 3.03. The van der Waals surface area contributed by atoms with Gasteiger partial charge in [0.1, 0.15) is 12.7 Å². The van der Waals surface area contributed by atoms with Crippen LogP contribution in [0.15, 0.2) is 36.6 Å². The Morgan fingerprint density at radius 2 is 0.956 bits per heavy atom. The van der Waals surface area contributed by atoms with Crippen LogP contribution in [-0.2, 0) is 14.3 Å². The summed E-state index contributed by atoms with van der Waals surface area (Å²) in [5.74, 6) is 0.696. The van der Waals surface area contributed by atoms with E-state index in [1.54, 1.807) is 0 Å². The summed E-state index contributed by atoms with van der Waals surface area (Å²) in [6.07, 6.45) is 44.0. The number of likely N-dealkylation sites (N-methyl/N-ethyl adjacent to an activating group) is 1. The second kappa shape index (κ2) is 36.9. The Kier molecular flexibility index (Phi) is 35.6. The Labute approximate surface area is 281 Å². The normalized spacial score (nSPS) is 12.3. The van der Waals surface area contributed by atoms with Crippen molar-refractivity contribution in [2.24, 2.45) is 0 Å². The van der Waals surface area contributed by atoms with Gasteiger partial charge < -0.3 is 14.8 Å². The van der Waals surface area contributed by atoms with Gasteiger partial charge in [0.25, 0.3) is 0 Å². The summed E-state index contributed by atoms with van der Waals surface area (Å²) in [5.41, 5.74) is 0. The third-order valence-electron chi connectivity index (χ3n) is 8.56. The van der Waals surface area contributed by atoms with Crippen LogP contribution in [0.1, 0.15) is 194 Å². The van der Waals surface area contributed by atoms with Crippen LogP contribution in [0.4, 0.5) is 0 Å². The van der Waals surface area contributed by atoms with Crippen molar-refractivity contribution < 1.29 is 14.3 Å². The molecule has 4 nitrogen and oxygen atoms in total. The van der Waals surface area contributed by atoms with Crippen LogP contribution in [0.5, 0.6) is 0 Å². The Morgan fingerprint density at radius 3 is 1.38 bits per heavy atom. The molecule has 0 aliphatic carbocycles. The van der Waals surface area contributed by atoms with Gasteiger partial charge in [0, 0.05) is 19.4 Å². The van der Waals surface area contributed by atoms with Crippen LogP contribution >= 0.6 is 0 Å². The molecule has 264 valence electrons. The number of carbonyl (C=O) groups is 1. The molecule has 0 aromatic heterocycles. The maximum atomic E-state index is 12.3. The Bertz CT molecular complexity index is 686. The first-order valence-electron chi connectivity index (χ1n) is 19.6. The molecule has 0 bridgehead atoms. The fourth-order valence-electron chi connectivity index (χ4n) is 5.65. The molecule has 0 spiro atoms. The molecule has 0 fully saturated rings. The molecule has 1 atom stereocenters. The summed E-state index contributed by atoms with van der Waals surface area (Å²) in [6, 6.07) is 0. The molecule has 0 saturated heterocycles. The fourth-order valence-corrected chi connectivity index (χ4v) is 5.65. The summed E-state index contributed by atoms with van der Waals surface area (Å²) < 4.78 is 11.6. The first-order chi connectivity index (χ1) is 22.1. The van der Waals surface area contributed by atoms with Crippen LogP contribution in [0.25, 0.3) is 0 Å². The van der Waals surface area contributed by atoms with Crippen molar-refractivity contribution >= 4 is 5.97 Å². The monoisotopic (exact) mass is 632 g/mol. The van der Waals surface area contributed by atoms with Gasteiger partial charge in [0.05, 0.1) is 5.76 Å². The van der Waals surface area contributed by atoms with Crippen molar-refractivity contribution in [1.29, 1.82) is 0 Å². The van der Waals surface area contributed by atoms with Crippen LogP contribution in [0.2, 0.25) is 0 Å². The van der Waals surface area contributed by atoms with E-state index in [4.69, 9.17) is 9.47 Å². The lowest BCUT2D eigenvalue weighted by atomic mass is 10.1. The second-order valence-electron chi connectivity index (χ2n) is 13.2. The standard InChI is InChI=1S/C41H77NO3/c1-5-7-9-11-13-15-17-19-21-23-25-27-29-31-33-35-39(3)45-40(37-42-4)38-44-41(43)36-34-32-30-28-26-24-22-20-18-16-14-12-10-8-6-2/h19-22,40,42H,3,5-18,23-38H2,1-2,4H3/b21-19-,22-20-. The van der Waals surface area contributed by atoms with Gasteiger partial charge in [-0.05, 0) is 71.3 Å². The van der Waals surface area contributed by atoms with Gasteiger partial charge in [0.15, 0.2) is 0 Å². The zero-order valence-corrected chi connectivity index (χ0v) is 30.5. The molecule has 0 saturated carbocycles. The Balaban J connectivity index is 3.68. The van der Waals surface area contributed by atoms with Crippen molar-refractivity contribution in [1.82, 2.24) is 5.32 Å². The first-order valence-corrected chi connectivity index (χ1v) is 19.6. The summed E-state index contributed by atoms with van der Waals surface area (Å²) in [5, 5.41) is 3.15. The van der Waals surface area contributed by atoms with Crippen molar-refractivity contribution in [2.45, 2.75) is 200 Å².